The van der Waals surface area contributed by atoms with Crippen LogP contribution in [0.1, 0.15) is 18.5 Å². The van der Waals surface area contributed by atoms with Gasteiger partial charge in [-0.3, -0.25) is 9.59 Å². The third-order valence-electron chi connectivity index (χ3n) is 3.91. The quantitative estimate of drug-likeness (QED) is 0.781. The second kappa shape index (κ2) is 7.57. The fourth-order valence-electron chi connectivity index (χ4n) is 2.57. The molecule has 0 aliphatic heterocycles. The van der Waals surface area contributed by atoms with Crippen molar-refractivity contribution in [2.75, 3.05) is 0 Å². The SMILES string of the molecule is C[C@H](NC(=O)Cn1nc(-c2ccccc2)ccc1=O)c1ccccc1. The van der Waals surface area contributed by atoms with Gasteiger partial charge in [0.15, 0.2) is 0 Å². The van der Waals surface area contributed by atoms with E-state index in [-0.39, 0.29) is 24.1 Å². The number of carbonyl (C=O) groups excluding carboxylic acids is 1. The molecule has 0 radical (unpaired) electrons. The van der Waals surface area contributed by atoms with Gasteiger partial charge >= 0.3 is 0 Å². The Hall–Kier alpha value is -3.21. The third-order valence-corrected chi connectivity index (χ3v) is 3.91. The first kappa shape index (κ1) is 16.6. The summed E-state index contributed by atoms with van der Waals surface area (Å²) in [5, 5.41) is 7.20. The van der Waals surface area contributed by atoms with E-state index in [2.05, 4.69) is 10.4 Å². The Morgan fingerprint density at radius 2 is 1.64 bits per heavy atom. The van der Waals surface area contributed by atoms with Crippen LogP contribution < -0.4 is 10.9 Å². The Kier molecular flexibility index (Phi) is 5.04. The van der Waals surface area contributed by atoms with Crippen LogP contribution >= 0.6 is 0 Å². The highest BCUT2D eigenvalue weighted by Crippen LogP contribution is 2.14. The average Bonchev–Trinajstić information content (AvgIpc) is 2.65. The number of carbonyl (C=O) groups is 1. The van der Waals surface area contributed by atoms with Crippen LogP contribution in [0.25, 0.3) is 11.3 Å². The summed E-state index contributed by atoms with van der Waals surface area (Å²) in [6.45, 7) is 1.79. The monoisotopic (exact) mass is 333 g/mol. The molecule has 1 amide bonds. The fourth-order valence-corrected chi connectivity index (χ4v) is 2.57. The molecule has 5 nitrogen and oxygen atoms in total. The molecule has 3 aromatic rings. The first-order chi connectivity index (χ1) is 12.1. The first-order valence-corrected chi connectivity index (χ1v) is 8.11. The van der Waals surface area contributed by atoms with Crippen LogP contribution in [0.5, 0.6) is 0 Å². The predicted octanol–water partition coefficient (Wildman–Crippen LogP) is 2.79. The average molecular weight is 333 g/mol. The molecule has 1 heterocycles. The number of amides is 1. The number of benzene rings is 2. The molecule has 0 spiro atoms. The third kappa shape index (κ3) is 4.20. The Morgan fingerprint density at radius 1 is 1.00 bits per heavy atom. The molecule has 0 aliphatic carbocycles. The van der Waals surface area contributed by atoms with Crippen LogP contribution in [0.15, 0.2) is 77.6 Å². The van der Waals surface area contributed by atoms with Crippen LogP contribution in [0.3, 0.4) is 0 Å². The standard InChI is InChI=1S/C20H19N3O2/c1-15(16-8-4-2-5-9-16)21-19(24)14-23-20(25)13-12-18(22-23)17-10-6-3-7-11-17/h2-13,15H,14H2,1H3,(H,21,24)/t15-/m0/s1. The van der Waals surface area contributed by atoms with E-state index in [0.717, 1.165) is 11.1 Å². The molecule has 1 N–H and O–H groups in total. The largest absolute Gasteiger partial charge is 0.348 e. The number of nitrogens with one attached hydrogen (secondary N) is 1. The lowest BCUT2D eigenvalue weighted by atomic mass is 10.1. The molecule has 3 rings (SSSR count). The van der Waals surface area contributed by atoms with E-state index >= 15 is 0 Å². The lowest BCUT2D eigenvalue weighted by Crippen LogP contribution is -2.34. The van der Waals surface area contributed by atoms with Crippen molar-refractivity contribution < 1.29 is 4.79 Å². The van der Waals surface area contributed by atoms with Crippen LogP contribution in [0, 0.1) is 0 Å². The van der Waals surface area contributed by atoms with Crippen LogP contribution in [0.2, 0.25) is 0 Å². The Morgan fingerprint density at radius 3 is 2.32 bits per heavy atom. The van der Waals surface area contributed by atoms with Crippen molar-refractivity contribution in [2.45, 2.75) is 19.5 Å². The minimum absolute atomic E-state index is 0.114. The molecule has 0 saturated carbocycles. The minimum atomic E-state index is -0.304. The Balaban J connectivity index is 1.74. The molecule has 5 heteroatoms. The molecule has 0 aliphatic rings. The van der Waals surface area contributed by atoms with Crippen LogP contribution in [0.4, 0.5) is 0 Å². The summed E-state index contributed by atoms with van der Waals surface area (Å²) >= 11 is 0. The molecule has 1 aromatic heterocycles. The normalized spacial score (nSPS) is 11.7. The van der Waals surface area contributed by atoms with E-state index in [1.54, 1.807) is 6.07 Å². The highest BCUT2D eigenvalue weighted by Gasteiger charge is 2.11. The van der Waals surface area contributed by atoms with Gasteiger partial charge in [-0.05, 0) is 18.6 Å². The van der Waals surface area contributed by atoms with E-state index in [9.17, 15) is 9.59 Å². The summed E-state index contributed by atoms with van der Waals surface area (Å²) in [5.41, 5.74) is 2.26. The molecule has 126 valence electrons. The van der Waals surface area contributed by atoms with Gasteiger partial charge in [0.25, 0.3) is 5.56 Å². The van der Waals surface area contributed by atoms with Gasteiger partial charge in [0.2, 0.25) is 5.91 Å². The molecule has 0 saturated heterocycles. The lowest BCUT2D eigenvalue weighted by molar-refractivity contribution is -0.122. The van der Waals surface area contributed by atoms with Crippen molar-refractivity contribution in [3.63, 3.8) is 0 Å². The number of rotatable bonds is 5. The Bertz CT molecular complexity index is 905. The topological polar surface area (TPSA) is 64.0 Å². The van der Waals surface area contributed by atoms with Crippen molar-refractivity contribution in [2.24, 2.45) is 0 Å². The van der Waals surface area contributed by atoms with Gasteiger partial charge in [-0.25, -0.2) is 4.68 Å². The summed E-state index contributed by atoms with van der Waals surface area (Å²) in [6.07, 6.45) is 0. The minimum Gasteiger partial charge on any atom is -0.348 e. The molecule has 2 aromatic carbocycles. The van der Waals surface area contributed by atoms with Crippen molar-refractivity contribution in [1.82, 2.24) is 15.1 Å². The summed E-state index contributed by atoms with van der Waals surface area (Å²) in [4.78, 5) is 24.3. The summed E-state index contributed by atoms with van der Waals surface area (Å²) < 4.78 is 1.19. The van der Waals surface area contributed by atoms with Crippen molar-refractivity contribution in [3.05, 3.63) is 88.7 Å². The van der Waals surface area contributed by atoms with Gasteiger partial charge in [-0.2, -0.15) is 5.10 Å². The molecule has 25 heavy (non-hydrogen) atoms. The van der Waals surface area contributed by atoms with Crippen molar-refractivity contribution >= 4 is 5.91 Å². The maximum absolute atomic E-state index is 12.3. The van der Waals surface area contributed by atoms with Gasteiger partial charge in [-0.1, -0.05) is 60.7 Å². The van der Waals surface area contributed by atoms with E-state index in [0.29, 0.717) is 5.69 Å². The predicted molar refractivity (Wildman–Crippen MR) is 96.9 cm³/mol. The van der Waals surface area contributed by atoms with E-state index < -0.39 is 0 Å². The highest BCUT2D eigenvalue weighted by atomic mass is 16.2. The number of hydrogen-bond donors (Lipinski definition) is 1. The first-order valence-electron chi connectivity index (χ1n) is 8.11. The smallest absolute Gasteiger partial charge is 0.267 e. The molecule has 0 fully saturated rings. The number of hydrogen-bond acceptors (Lipinski definition) is 3. The van der Waals surface area contributed by atoms with Crippen LogP contribution in [-0.4, -0.2) is 15.7 Å². The van der Waals surface area contributed by atoms with Gasteiger partial charge in [0, 0.05) is 11.6 Å². The second-order valence-electron chi connectivity index (χ2n) is 5.78. The fraction of sp³-hybridized carbons (Fsp3) is 0.150. The van der Waals surface area contributed by atoms with Gasteiger partial charge in [-0.15, -0.1) is 0 Å². The molecule has 0 bridgehead atoms. The summed E-state index contributed by atoms with van der Waals surface area (Å²) in [6, 6.07) is 22.2. The molecular formula is C20H19N3O2. The van der Waals surface area contributed by atoms with E-state index in [4.69, 9.17) is 0 Å². The maximum atomic E-state index is 12.3. The molecule has 1 atom stereocenters. The van der Waals surface area contributed by atoms with Gasteiger partial charge in [0.1, 0.15) is 6.54 Å². The zero-order valence-corrected chi connectivity index (χ0v) is 13.9. The van der Waals surface area contributed by atoms with Gasteiger partial charge < -0.3 is 5.32 Å². The summed E-state index contributed by atoms with van der Waals surface area (Å²) in [5.74, 6) is -0.254. The lowest BCUT2D eigenvalue weighted by Gasteiger charge is -2.14. The highest BCUT2D eigenvalue weighted by molar-refractivity contribution is 5.76. The van der Waals surface area contributed by atoms with E-state index in [1.807, 2.05) is 67.6 Å². The van der Waals surface area contributed by atoms with Crippen LogP contribution in [-0.2, 0) is 11.3 Å². The zero-order chi connectivity index (χ0) is 17.6. The zero-order valence-electron chi connectivity index (χ0n) is 13.9. The Labute approximate surface area is 145 Å². The number of aromatic nitrogens is 2. The maximum Gasteiger partial charge on any atom is 0.267 e. The second-order valence-corrected chi connectivity index (χ2v) is 5.78. The van der Waals surface area contributed by atoms with Crippen molar-refractivity contribution in [1.29, 1.82) is 0 Å². The van der Waals surface area contributed by atoms with Gasteiger partial charge in [0.05, 0.1) is 11.7 Å². The number of nitrogens with zero attached hydrogens (tertiary/aromatic N) is 2. The summed E-state index contributed by atoms with van der Waals surface area (Å²) in [7, 11) is 0. The van der Waals surface area contributed by atoms with Crippen molar-refractivity contribution in [3.8, 4) is 11.3 Å². The van der Waals surface area contributed by atoms with E-state index in [1.165, 1.54) is 10.7 Å². The molecule has 0 unspecified atom stereocenters. The molecular weight excluding hydrogens is 314 g/mol.